The van der Waals surface area contributed by atoms with E-state index in [4.69, 9.17) is 1.37 Å². The minimum absolute atomic E-state index is 0. The van der Waals surface area contributed by atoms with Gasteiger partial charge in [-0.3, -0.25) is 4.79 Å². The van der Waals surface area contributed by atoms with Gasteiger partial charge < -0.3 is 15.1 Å². The Morgan fingerprint density at radius 3 is 1.84 bits per heavy atom. The number of aromatic nitrogens is 2. The third kappa shape index (κ3) is 13.3. The minimum atomic E-state index is -0.319. The average molecular weight is 1040 g/mol. The Morgan fingerprint density at radius 1 is 0.797 bits per heavy atom. The molecule has 1 fully saturated rings. The molecule has 4 aromatic carbocycles. The molecule has 0 atom stereocenters. The molecule has 2 aromatic heterocycles. The monoisotopic (exact) mass is 1040 g/mol. The van der Waals surface area contributed by atoms with Crippen LogP contribution in [0, 0.1) is 56.6 Å². The van der Waals surface area contributed by atoms with Gasteiger partial charge in [0.15, 0.2) is 5.78 Å². The van der Waals surface area contributed by atoms with Crippen molar-refractivity contribution in [3.63, 3.8) is 0 Å². The van der Waals surface area contributed by atoms with Gasteiger partial charge in [0, 0.05) is 49.9 Å². The van der Waals surface area contributed by atoms with Crippen LogP contribution in [-0.2, 0) is 24.9 Å². The molecule has 343 valence electrons. The summed E-state index contributed by atoms with van der Waals surface area (Å²) in [6.45, 7) is 27.6. The summed E-state index contributed by atoms with van der Waals surface area (Å²) in [7, 11) is 0. The average Bonchev–Trinajstić information content (AvgIpc) is 3.25. The van der Waals surface area contributed by atoms with Gasteiger partial charge >= 0.3 is 0 Å². The molecule has 1 radical (unpaired) electrons. The number of hydrogen-bond acceptors (Lipinski definition) is 4. The quantitative estimate of drug-likeness (QED) is 0.0798. The van der Waals surface area contributed by atoms with Gasteiger partial charge in [-0.05, 0) is 125 Å². The summed E-state index contributed by atoms with van der Waals surface area (Å²) in [6.07, 6.45) is 12.3. The molecular formula is C59H74IrN2O2-2. The summed E-state index contributed by atoms with van der Waals surface area (Å²) < 4.78 is 8.03. The Labute approximate surface area is 401 Å². The fourth-order valence-electron chi connectivity index (χ4n) is 8.88. The van der Waals surface area contributed by atoms with Crippen LogP contribution in [0.3, 0.4) is 0 Å². The van der Waals surface area contributed by atoms with Gasteiger partial charge in [-0.2, -0.15) is 0 Å². The standard InChI is InChI=1S/C25H28N.C20H20N.C14H26O2.Ir/c1-17-13-18(2)15-22(14-17)24-23-6-5-20(16-21(23)9-12-26-24)19-7-10-25(3,4)11-8-19;1-13(2)16-5-6-19-17(12-16)7-8-21-20(19)18-10-14(3)9-15(4)11-18;1-6-11(7-2)12(15)10-13(16)14(5,8-3)9-4;/h5-6,9,12-14,16,19H,7-8,10-11H2,1-4H3;5-10,12-13H,1-4H3;10-11,15H,6-9H2,1-5H3;/q2*-1;;/b;;12-10-;/i;8D;;. The van der Waals surface area contributed by atoms with Gasteiger partial charge in [-0.1, -0.05) is 126 Å². The zero-order valence-corrected chi connectivity index (χ0v) is 43.5. The molecule has 0 bridgehead atoms. The van der Waals surface area contributed by atoms with Crippen molar-refractivity contribution in [3.8, 4) is 22.5 Å². The van der Waals surface area contributed by atoms with Crippen molar-refractivity contribution in [2.75, 3.05) is 0 Å². The van der Waals surface area contributed by atoms with E-state index >= 15 is 0 Å². The summed E-state index contributed by atoms with van der Waals surface area (Å²) in [5.41, 5.74) is 11.7. The number of benzene rings is 4. The van der Waals surface area contributed by atoms with E-state index in [-0.39, 0.29) is 43.0 Å². The molecule has 64 heavy (non-hydrogen) atoms. The number of carbonyl (C=O) groups excluding carboxylic acids is 1. The first kappa shape index (κ1) is 50.6. The molecule has 6 aromatic rings. The zero-order valence-electron chi connectivity index (χ0n) is 42.1. The van der Waals surface area contributed by atoms with Gasteiger partial charge in [-0.25, -0.2) is 0 Å². The predicted molar refractivity (Wildman–Crippen MR) is 269 cm³/mol. The van der Waals surface area contributed by atoms with Gasteiger partial charge in [0.25, 0.3) is 0 Å². The summed E-state index contributed by atoms with van der Waals surface area (Å²) in [5, 5.41) is 14.6. The number of rotatable bonds is 11. The molecule has 1 aliphatic rings. The third-order valence-corrected chi connectivity index (χ3v) is 13.6. The number of aliphatic hydroxyl groups excluding tert-OH is 1. The first-order valence-electron chi connectivity index (χ1n) is 24.1. The predicted octanol–water partition coefficient (Wildman–Crippen LogP) is 16.7. The van der Waals surface area contributed by atoms with Crippen LogP contribution < -0.4 is 0 Å². The number of aliphatic hydroxyl groups is 1. The molecule has 0 unspecified atom stereocenters. The minimum Gasteiger partial charge on any atom is -0.512 e. The van der Waals surface area contributed by atoms with Crippen molar-refractivity contribution >= 4 is 27.3 Å². The SMILES string of the molecule is CCC(CC)/C(O)=C/C(=O)C(C)(CC)CC.Cc1[c-]c(-c2nccc3cc(C4CCC(C)(C)CC4)ccc23)cc(C)c1.[2H]c1cc2cc(C(C)C)ccc2c(-c2[c-]c(C)cc(C)c2)n1.[Ir]. The van der Waals surface area contributed by atoms with E-state index in [1.807, 2.05) is 53.8 Å². The maximum absolute atomic E-state index is 12.0. The van der Waals surface area contributed by atoms with Gasteiger partial charge in [0.05, 0.1) is 7.13 Å². The second-order valence-corrected chi connectivity index (χ2v) is 19.5. The molecule has 4 nitrogen and oxygen atoms in total. The molecule has 0 aliphatic heterocycles. The van der Waals surface area contributed by atoms with Crippen molar-refractivity contribution in [1.29, 1.82) is 0 Å². The largest absolute Gasteiger partial charge is 0.512 e. The molecule has 2 heterocycles. The van der Waals surface area contributed by atoms with Crippen LogP contribution in [-0.4, -0.2) is 20.9 Å². The smallest absolute Gasteiger partial charge is 0.164 e. The first-order valence-corrected chi connectivity index (χ1v) is 23.6. The van der Waals surface area contributed by atoms with Crippen molar-refractivity contribution in [2.24, 2.45) is 16.7 Å². The molecule has 1 aliphatic carbocycles. The number of carbonyl (C=O) groups is 1. The molecule has 0 spiro atoms. The molecule has 7 rings (SSSR count). The molecule has 1 N–H and O–H groups in total. The number of hydrogen-bond donors (Lipinski definition) is 1. The number of nitrogens with zero attached hydrogens (tertiary/aromatic N) is 2. The van der Waals surface area contributed by atoms with E-state index in [1.54, 1.807) is 0 Å². The van der Waals surface area contributed by atoms with E-state index in [0.717, 1.165) is 64.5 Å². The summed E-state index contributed by atoms with van der Waals surface area (Å²) in [5.74, 6) is 1.62. The van der Waals surface area contributed by atoms with E-state index < -0.39 is 0 Å². The van der Waals surface area contributed by atoms with Gasteiger partial charge in [0.1, 0.15) is 0 Å². The fraction of sp³-hybridized carbons (Fsp3) is 0.441. The molecule has 0 amide bonds. The van der Waals surface area contributed by atoms with E-state index in [1.165, 1.54) is 70.3 Å². The number of fused-ring (bicyclic) bond motifs is 2. The maximum Gasteiger partial charge on any atom is 0.164 e. The Bertz CT molecular complexity index is 2530. The first-order chi connectivity index (χ1) is 30.3. The zero-order chi connectivity index (χ0) is 46.9. The molecule has 0 saturated heterocycles. The topological polar surface area (TPSA) is 63.1 Å². The van der Waals surface area contributed by atoms with E-state index in [9.17, 15) is 9.90 Å². The Kier molecular flexibility index (Phi) is 18.3. The summed E-state index contributed by atoms with van der Waals surface area (Å²) in [6, 6.07) is 32.8. The second kappa shape index (κ2) is 23.1. The second-order valence-electron chi connectivity index (χ2n) is 19.5. The summed E-state index contributed by atoms with van der Waals surface area (Å²) >= 11 is 0. The molecule has 5 heteroatoms. The van der Waals surface area contributed by atoms with Crippen LogP contribution in [0.1, 0.15) is 160 Å². The molecule has 1 saturated carbocycles. The number of pyridine rings is 2. The third-order valence-electron chi connectivity index (χ3n) is 13.6. The summed E-state index contributed by atoms with van der Waals surface area (Å²) in [4.78, 5) is 21.2. The van der Waals surface area contributed by atoms with Crippen LogP contribution in [0.2, 0.25) is 0 Å². The van der Waals surface area contributed by atoms with Crippen LogP contribution >= 0.6 is 0 Å². The Balaban J connectivity index is 0.000000219. The maximum atomic E-state index is 12.0. The van der Waals surface area contributed by atoms with Crippen LogP contribution in [0.25, 0.3) is 44.1 Å². The van der Waals surface area contributed by atoms with E-state index in [2.05, 4.69) is 137 Å². The Hall–Kier alpha value is -4.44. The number of allylic oxidation sites excluding steroid dienone is 2. The Morgan fingerprint density at radius 2 is 1.33 bits per heavy atom. The van der Waals surface area contributed by atoms with Crippen molar-refractivity contribution < 1.29 is 31.4 Å². The van der Waals surface area contributed by atoms with Crippen LogP contribution in [0.15, 0.2) is 97.0 Å². The normalized spacial score (nSPS) is 14.4. The molecular weight excluding hydrogens is 961 g/mol. The van der Waals surface area contributed by atoms with Crippen molar-refractivity contribution in [1.82, 2.24) is 9.97 Å². The fourth-order valence-corrected chi connectivity index (χ4v) is 8.88. The van der Waals surface area contributed by atoms with E-state index in [0.29, 0.717) is 23.4 Å². The van der Waals surface area contributed by atoms with Gasteiger partial charge in [0.2, 0.25) is 0 Å². The van der Waals surface area contributed by atoms with Crippen molar-refractivity contribution in [2.45, 2.75) is 153 Å². The van der Waals surface area contributed by atoms with Crippen LogP contribution in [0.5, 0.6) is 0 Å². The van der Waals surface area contributed by atoms with Crippen LogP contribution in [0.4, 0.5) is 0 Å². The van der Waals surface area contributed by atoms with Gasteiger partial charge in [-0.15, -0.1) is 69.8 Å². The van der Waals surface area contributed by atoms with Crippen molar-refractivity contribution in [3.05, 3.63) is 143 Å². The number of aryl methyl sites for hydroxylation is 4. The number of ketones is 1.